The molecule has 1 N–H and O–H groups in total. The first kappa shape index (κ1) is 15.4. The molecule has 1 fully saturated rings. The summed E-state index contributed by atoms with van der Waals surface area (Å²) in [5, 5.41) is 10.6. The third kappa shape index (κ3) is 2.88. The highest BCUT2D eigenvalue weighted by atomic mass is 19.2. The predicted octanol–water partition coefficient (Wildman–Crippen LogP) is 2.88. The van der Waals surface area contributed by atoms with Gasteiger partial charge in [-0.05, 0) is 31.0 Å². The summed E-state index contributed by atoms with van der Waals surface area (Å²) in [5.74, 6) is -1.19. The molecule has 2 aromatic heterocycles. The highest BCUT2D eigenvalue weighted by molar-refractivity contribution is 6.05. The molecular formula is C16H13F2N5O2. The fraction of sp³-hybridized carbons (Fsp3) is 0.250. The highest BCUT2D eigenvalue weighted by Gasteiger charge is 2.30. The Balaban J connectivity index is 1.62. The summed E-state index contributed by atoms with van der Waals surface area (Å²) in [5.41, 5.74) is 0.438. The Morgan fingerprint density at radius 1 is 1.32 bits per heavy atom. The molecule has 0 spiro atoms. The smallest absolute Gasteiger partial charge is 0.263 e. The fourth-order valence-electron chi connectivity index (χ4n) is 2.41. The van der Waals surface area contributed by atoms with Gasteiger partial charge in [-0.3, -0.25) is 9.48 Å². The molecule has 4 rings (SSSR count). The van der Waals surface area contributed by atoms with Crippen LogP contribution in [-0.4, -0.2) is 25.8 Å². The maximum absolute atomic E-state index is 13.3. The minimum Gasteiger partial charge on any atom is -0.334 e. The zero-order chi connectivity index (χ0) is 17.6. The third-order valence-corrected chi connectivity index (χ3v) is 3.97. The number of nitrogens with zero attached hydrogens (tertiary/aromatic N) is 4. The molecule has 1 amide bonds. The Bertz CT molecular complexity index is 961. The summed E-state index contributed by atoms with van der Waals surface area (Å²) in [4.78, 5) is 16.7. The van der Waals surface area contributed by atoms with Crippen molar-refractivity contribution in [3.05, 3.63) is 47.4 Å². The summed E-state index contributed by atoms with van der Waals surface area (Å²) < 4.78 is 33.0. The summed E-state index contributed by atoms with van der Waals surface area (Å²) >= 11 is 0. The Morgan fingerprint density at radius 3 is 2.84 bits per heavy atom. The summed E-state index contributed by atoms with van der Waals surface area (Å²) in [7, 11) is 1.63. The lowest BCUT2D eigenvalue weighted by Gasteiger charge is -2.07. The summed E-state index contributed by atoms with van der Waals surface area (Å²) in [6.07, 6.45) is 3.56. The first-order valence-electron chi connectivity index (χ1n) is 7.65. The van der Waals surface area contributed by atoms with Gasteiger partial charge < -0.3 is 9.84 Å². The van der Waals surface area contributed by atoms with Crippen molar-refractivity contribution in [1.82, 2.24) is 19.9 Å². The zero-order valence-electron chi connectivity index (χ0n) is 13.2. The number of halogens is 2. The van der Waals surface area contributed by atoms with Crippen molar-refractivity contribution in [2.75, 3.05) is 5.32 Å². The number of amides is 1. The van der Waals surface area contributed by atoms with Crippen LogP contribution in [0.3, 0.4) is 0 Å². The second-order valence-corrected chi connectivity index (χ2v) is 5.85. The van der Waals surface area contributed by atoms with Gasteiger partial charge >= 0.3 is 0 Å². The molecule has 0 atom stereocenters. The van der Waals surface area contributed by atoms with Crippen molar-refractivity contribution >= 4 is 11.7 Å². The minimum atomic E-state index is -1.09. The Labute approximate surface area is 140 Å². The summed E-state index contributed by atoms with van der Waals surface area (Å²) in [6.45, 7) is 0. The van der Waals surface area contributed by atoms with Gasteiger partial charge in [0.1, 0.15) is 11.4 Å². The highest BCUT2D eigenvalue weighted by Crippen LogP contribution is 2.39. The van der Waals surface area contributed by atoms with Gasteiger partial charge in [0.05, 0.1) is 6.20 Å². The van der Waals surface area contributed by atoms with Crippen LogP contribution in [0.1, 0.15) is 34.9 Å². The first-order chi connectivity index (χ1) is 12.0. The molecule has 9 heteroatoms. The van der Waals surface area contributed by atoms with Crippen LogP contribution in [0.5, 0.6) is 0 Å². The van der Waals surface area contributed by atoms with E-state index in [0.717, 1.165) is 25.0 Å². The molecule has 0 unspecified atom stereocenters. The van der Waals surface area contributed by atoms with E-state index in [1.807, 2.05) is 0 Å². The van der Waals surface area contributed by atoms with Gasteiger partial charge in [0.25, 0.3) is 11.8 Å². The predicted molar refractivity (Wildman–Crippen MR) is 82.8 cm³/mol. The molecular weight excluding hydrogens is 332 g/mol. The molecule has 25 heavy (non-hydrogen) atoms. The largest absolute Gasteiger partial charge is 0.334 e. The molecule has 1 aliphatic rings. The molecule has 1 saturated carbocycles. The first-order valence-corrected chi connectivity index (χ1v) is 7.65. The number of benzene rings is 1. The lowest BCUT2D eigenvalue weighted by atomic mass is 10.2. The van der Waals surface area contributed by atoms with E-state index in [1.54, 1.807) is 7.05 Å². The second-order valence-electron chi connectivity index (χ2n) is 5.85. The van der Waals surface area contributed by atoms with E-state index in [1.165, 1.54) is 16.9 Å². The van der Waals surface area contributed by atoms with Gasteiger partial charge in [0, 0.05) is 18.5 Å². The standard InChI is InChI=1S/C16H13F2N5O2/c1-23-14(21-15(24)9-4-5-11(17)12(18)6-9)10(7-19-23)16-20-13(22-25-16)8-2-3-8/h4-8H,2-3H2,1H3,(H,21,24). The van der Waals surface area contributed by atoms with Gasteiger partial charge in [0.15, 0.2) is 17.5 Å². The van der Waals surface area contributed by atoms with Crippen LogP contribution < -0.4 is 5.32 Å². The lowest BCUT2D eigenvalue weighted by molar-refractivity contribution is 0.102. The van der Waals surface area contributed by atoms with E-state index in [4.69, 9.17) is 4.52 Å². The van der Waals surface area contributed by atoms with Crippen molar-refractivity contribution in [3.63, 3.8) is 0 Å². The van der Waals surface area contributed by atoms with Crippen molar-refractivity contribution in [2.45, 2.75) is 18.8 Å². The van der Waals surface area contributed by atoms with E-state index in [0.29, 0.717) is 23.1 Å². The molecule has 0 radical (unpaired) electrons. The monoisotopic (exact) mass is 345 g/mol. The van der Waals surface area contributed by atoms with Crippen LogP contribution in [0.25, 0.3) is 11.5 Å². The van der Waals surface area contributed by atoms with Gasteiger partial charge in [-0.2, -0.15) is 10.1 Å². The summed E-state index contributed by atoms with van der Waals surface area (Å²) in [6, 6.07) is 2.93. The van der Waals surface area contributed by atoms with E-state index in [-0.39, 0.29) is 11.5 Å². The number of carbonyl (C=O) groups excluding carboxylic acids is 1. The van der Waals surface area contributed by atoms with Crippen molar-refractivity contribution in [3.8, 4) is 11.5 Å². The van der Waals surface area contributed by atoms with Gasteiger partial charge in [0.2, 0.25) is 0 Å². The van der Waals surface area contributed by atoms with Crippen LogP contribution in [0.15, 0.2) is 28.9 Å². The minimum absolute atomic E-state index is 0.0183. The van der Waals surface area contributed by atoms with Crippen LogP contribution in [0.2, 0.25) is 0 Å². The quantitative estimate of drug-likeness (QED) is 0.786. The van der Waals surface area contributed by atoms with E-state index < -0.39 is 17.5 Å². The molecule has 128 valence electrons. The van der Waals surface area contributed by atoms with Crippen LogP contribution in [-0.2, 0) is 7.05 Å². The number of hydrogen-bond acceptors (Lipinski definition) is 5. The number of nitrogens with one attached hydrogen (secondary N) is 1. The van der Waals surface area contributed by atoms with Crippen molar-refractivity contribution in [1.29, 1.82) is 0 Å². The average Bonchev–Trinajstić information content (AvgIpc) is 3.23. The van der Waals surface area contributed by atoms with Gasteiger partial charge in [-0.25, -0.2) is 8.78 Å². The van der Waals surface area contributed by atoms with Crippen LogP contribution >= 0.6 is 0 Å². The second kappa shape index (κ2) is 5.76. The molecule has 7 nitrogen and oxygen atoms in total. The SMILES string of the molecule is Cn1ncc(-c2nc(C3CC3)no2)c1NC(=O)c1ccc(F)c(F)c1. The van der Waals surface area contributed by atoms with Crippen LogP contribution in [0, 0.1) is 11.6 Å². The Kier molecular flexibility index (Phi) is 3.56. The van der Waals surface area contributed by atoms with Gasteiger partial charge in [-0.1, -0.05) is 5.16 Å². The molecule has 1 aromatic carbocycles. The molecule has 2 heterocycles. The molecule has 0 aliphatic heterocycles. The maximum atomic E-state index is 13.3. The van der Waals surface area contributed by atoms with Crippen LogP contribution in [0.4, 0.5) is 14.6 Å². The normalized spacial score (nSPS) is 13.9. The Morgan fingerprint density at radius 2 is 2.12 bits per heavy atom. The number of carbonyl (C=O) groups is 1. The zero-order valence-corrected chi connectivity index (χ0v) is 13.2. The van der Waals surface area contributed by atoms with Crippen molar-refractivity contribution in [2.24, 2.45) is 7.05 Å². The number of rotatable bonds is 4. The van der Waals surface area contributed by atoms with E-state index in [9.17, 15) is 13.6 Å². The van der Waals surface area contributed by atoms with Crippen molar-refractivity contribution < 1.29 is 18.1 Å². The topological polar surface area (TPSA) is 85.8 Å². The number of hydrogen-bond donors (Lipinski definition) is 1. The number of anilines is 1. The number of aryl methyl sites for hydroxylation is 1. The Hall–Kier alpha value is -3.10. The number of aromatic nitrogens is 4. The average molecular weight is 345 g/mol. The molecule has 0 bridgehead atoms. The van der Waals surface area contributed by atoms with E-state index >= 15 is 0 Å². The molecule has 0 saturated heterocycles. The molecule has 1 aliphatic carbocycles. The van der Waals surface area contributed by atoms with E-state index in [2.05, 4.69) is 20.6 Å². The fourth-order valence-corrected chi connectivity index (χ4v) is 2.41. The lowest BCUT2D eigenvalue weighted by Crippen LogP contribution is -2.15. The van der Waals surface area contributed by atoms with Gasteiger partial charge in [-0.15, -0.1) is 0 Å². The maximum Gasteiger partial charge on any atom is 0.263 e. The molecule has 3 aromatic rings. The third-order valence-electron chi connectivity index (χ3n) is 3.97.